The van der Waals surface area contributed by atoms with Gasteiger partial charge in [-0.2, -0.15) is 0 Å². The number of benzene rings is 1. The van der Waals surface area contributed by atoms with Gasteiger partial charge in [0.05, 0.1) is 12.8 Å². The number of nitrogens with zero attached hydrogens (tertiary/aromatic N) is 2. The largest absolute Gasteiger partial charge is 0.459 e. The van der Waals surface area contributed by atoms with Crippen LogP contribution in [-0.4, -0.2) is 27.7 Å². The molecule has 0 saturated heterocycles. The van der Waals surface area contributed by atoms with Crippen molar-refractivity contribution in [2.24, 2.45) is 0 Å². The predicted octanol–water partition coefficient (Wildman–Crippen LogP) is 4.26. The molecule has 4 rings (SSSR count). The Bertz CT molecular complexity index is 1020. The number of hydrogen-bond donors (Lipinski definition) is 1. The van der Waals surface area contributed by atoms with Crippen LogP contribution >= 0.6 is 0 Å². The number of hydrogen-bond acceptors (Lipinski definition) is 4. The molecule has 2 heterocycles. The maximum absolute atomic E-state index is 14.5. The Balaban J connectivity index is 1.73. The fraction of sp³-hybridized carbons (Fsp3) is 0.292. The number of amides is 2. The monoisotopic (exact) mass is 421 g/mol. The first-order valence-corrected chi connectivity index (χ1v) is 10.4. The Morgan fingerprint density at radius 3 is 2.52 bits per heavy atom. The molecule has 3 aromatic rings. The van der Waals surface area contributed by atoms with Gasteiger partial charge in [-0.3, -0.25) is 14.6 Å². The molecule has 1 N–H and O–H groups in total. The number of carbonyl (C=O) groups excluding carboxylic acids is 2. The summed E-state index contributed by atoms with van der Waals surface area (Å²) in [6, 6.07) is 11.9. The second-order valence-corrected chi connectivity index (χ2v) is 7.67. The normalized spacial score (nSPS) is 14.9. The van der Waals surface area contributed by atoms with Gasteiger partial charge in [0.25, 0.3) is 5.91 Å². The zero-order chi connectivity index (χ0) is 21.6. The van der Waals surface area contributed by atoms with Gasteiger partial charge >= 0.3 is 0 Å². The quantitative estimate of drug-likeness (QED) is 0.619. The third-order valence-corrected chi connectivity index (χ3v) is 5.57. The topological polar surface area (TPSA) is 75.4 Å². The van der Waals surface area contributed by atoms with Gasteiger partial charge < -0.3 is 14.6 Å². The number of halogens is 1. The second-order valence-electron chi connectivity index (χ2n) is 7.67. The van der Waals surface area contributed by atoms with E-state index in [9.17, 15) is 14.0 Å². The van der Waals surface area contributed by atoms with Gasteiger partial charge in [-0.1, -0.05) is 31.0 Å². The molecule has 6 nitrogen and oxygen atoms in total. The highest BCUT2D eigenvalue weighted by molar-refractivity contribution is 5.96. The third-order valence-electron chi connectivity index (χ3n) is 5.57. The van der Waals surface area contributed by atoms with E-state index in [4.69, 9.17) is 4.42 Å². The van der Waals surface area contributed by atoms with E-state index in [-0.39, 0.29) is 24.3 Å². The lowest BCUT2D eigenvalue weighted by Crippen LogP contribution is -2.46. The van der Waals surface area contributed by atoms with Gasteiger partial charge in [0.1, 0.15) is 11.9 Å². The molecular weight excluding hydrogens is 397 g/mol. The molecule has 7 heteroatoms. The van der Waals surface area contributed by atoms with Crippen LogP contribution in [0, 0.1) is 5.82 Å². The van der Waals surface area contributed by atoms with E-state index in [0.29, 0.717) is 11.1 Å². The fourth-order valence-electron chi connectivity index (χ4n) is 4.00. The maximum atomic E-state index is 14.5. The van der Waals surface area contributed by atoms with Crippen LogP contribution in [0.25, 0.3) is 0 Å². The molecule has 1 fully saturated rings. The van der Waals surface area contributed by atoms with Crippen LogP contribution in [0.1, 0.15) is 53.4 Å². The van der Waals surface area contributed by atoms with Gasteiger partial charge in [-0.15, -0.1) is 0 Å². The van der Waals surface area contributed by atoms with E-state index in [1.165, 1.54) is 23.3 Å². The molecule has 0 radical (unpaired) electrons. The number of nitrogens with one attached hydrogen (secondary N) is 1. The highest BCUT2D eigenvalue weighted by Gasteiger charge is 2.35. The van der Waals surface area contributed by atoms with Crippen LogP contribution < -0.4 is 5.32 Å². The molecule has 1 saturated carbocycles. The van der Waals surface area contributed by atoms with E-state index in [1.807, 2.05) is 0 Å². The first-order chi connectivity index (χ1) is 15.1. The van der Waals surface area contributed by atoms with Crippen molar-refractivity contribution in [2.45, 2.75) is 44.3 Å². The summed E-state index contributed by atoms with van der Waals surface area (Å²) in [5, 5.41) is 3.08. The Kier molecular flexibility index (Phi) is 6.40. The van der Waals surface area contributed by atoms with Crippen LogP contribution in [0.15, 0.2) is 71.6 Å². The molecule has 1 unspecified atom stereocenters. The van der Waals surface area contributed by atoms with E-state index in [0.717, 1.165) is 25.7 Å². The highest BCUT2D eigenvalue weighted by atomic mass is 19.1. The Morgan fingerprint density at radius 2 is 1.84 bits per heavy atom. The molecule has 160 valence electrons. The summed E-state index contributed by atoms with van der Waals surface area (Å²) in [7, 11) is 0. The standard InChI is InChI=1S/C24H24FN3O3/c25-20-9-4-1-6-18(20)16-28(24(30)21-10-5-15-31-21)22(17-11-13-26-14-12-17)23(29)27-19-7-2-3-8-19/h1,4-6,9-15,19,22H,2-3,7-8,16H2,(H,27,29). The van der Waals surface area contributed by atoms with E-state index in [2.05, 4.69) is 10.3 Å². The zero-order valence-electron chi connectivity index (χ0n) is 17.0. The number of rotatable bonds is 7. The lowest BCUT2D eigenvalue weighted by atomic mass is 10.0. The molecule has 0 spiro atoms. The summed E-state index contributed by atoms with van der Waals surface area (Å²) < 4.78 is 19.8. The van der Waals surface area contributed by atoms with Crippen molar-refractivity contribution in [2.75, 3.05) is 0 Å². The van der Waals surface area contributed by atoms with Crippen LogP contribution in [0.2, 0.25) is 0 Å². The first-order valence-electron chi connectivity index (χ1n) is 10.4. The molecule has 1 aromatic carbocycles. The molecule has 1 atom stereocenters. The van der Waals surface area contributed by atoms with Crippen molar-refractivity contribution >= 4 is 11.8 Å². The summed E-state index contributed by atoms with van der Waals surface area (Å²) in [5.41, 5.74) is 0.914. The zero-order valence-corrected chi connectivity index (χ0v) is 17.0. The van der Waals surface area contributed by atoms with Gasteiger partial charge in [0.2, 0.25) is 5.91 Å². The Morgan fingerprint density at radius 1 is 1.10 bits per heavy atom. The van der Waals surface area contributed by atoms with Crippen molar-refractivity contribution in [3.8, 4) is 0 Å². The van der Waals surface area contributed by atoms with Crippen molar-refractivity contribution in [1.82, 2.24) is 15.2 Å². The first kappa shape index (κ1) is 20.8. The average Bonchev–Trinajstić information content (AvgIpc) is 3.49. The number of carbonyl (C=O) groups is 2. The van der Waals surface area contributed by atoms with Gasteiger partial charge in [-0.05, 0) is 48.7 Å². The minimum atomic E-state index is -0.958. The van der Waals surface area contributed by atoms with Gasteiger partial charge in [-0.25, -0.2) is 4.39 Å². The average molecular weight is 421 g/mol. The third kappa shape index (κ3) is 4.82. The molecule has 31 heavy (non-hydrogen) atoms. The van der Waals surface area contributed by atoms with Gasteiger partial charge in [0.15, 0.2) is 5.76 Å². The van der Waals surface area contributed by atoms with Crippen LogP contribution in [-0.2, 0) is 11.3 Å². The minimum Gasteiger partial charge on any atom is -0.459 e. The molecule has 2 aromatic heterocycles. The SMILES string of the molecule is O=C(NC1CCCC1)C(c1ccncc1)N(Cc1ccccc1F)C(=O)c1ccco1. The van der Waals surface area contributed by atoms with Crippen molar-refractivity contribution in [3.63, 3.8) is 0 Å². The van der Waals surface area contributed by atoms with Crippen LogP contribution in [0.4, 0.5) is 4.39 Å². The van der Waals surface area contributed by atoms with Gasteiger partial charge in [0, 0.05) is 24.0 Å². The summed E-state index contributed by atoms with van der Waals surface area (Å²) >= 11 is 0. The lowest BCUT2D eigenvalue weighted by molar-refractivity contribution is -0.126. The lowest BCUT2D eigenvalue weighted by Gasteiger charge is -2.31. The molecule has 1 aliphatic carbocycles. The number of furan rings is 1. The van der Waals surface area contributed by atoms with Crippen LogP contribution in [0.3, 0.4) is 0 Å². The minimum absolute atomic E-state index is 0.0749. The van der Waals surface area contributed by atoms with Crippen molar-refractivity contribution < 1.29 is 18.4 Å². The van der Waals surface area contributed by atoms with Crippen molar-refractivity contribution in [3.05, 3.63) is 89.9 Å². The Hall–Kier alpha value is -3.48. The Labute approximate surface area is 180 Å². The smallest absolute Gasteiger partial charge is 0.290 e. The molecule has 0 bridgehead atoms. The number of pyridine rings is 1. The predicted molar refractivity (Wildman–Crippen MR) is 112 cm³/mol. The van der Waals surface area contributed by atoms with Crippen LogP contribution in [0.5, 0.6) is 0 Å². The molecule has 0 aliphatic heterocycles. The maximum Gasteiger partial charge on any atom is 0.290 e. The van der Waals surface area contributed by atoms with E-state index in [1.54, 1.807) is 48.8 Å². The molecule has 1 aliphatic rings. The summed E-state index contributed by atoms with van der Waals surface area (Å²) in [6.45, 7) is -0.0860. The highest BCUT2D eigenvalue weighted by Crippen LogP contribution is 2.28. The summed E-state index contributed by atoms with van der Waals surface area (Å²) in [5.74, 6) is -1.14. The van der Waals surface area contributed by atoms with Crippen molar-refractivity contribution in [1.29, 1.82) is 0 Å². The van der Waals surface area contributed by atoms with E-state index < -0.39 is 17.8 Å². The second kappa shape index (κ2) is 9.55. The molecule has 2 amide bonds. The summed E-state index contributed by atoms with van der Waals surface area (Å²) in [6.07, 6.45) is 8.50. The van der Waals surface area contributed by atoms with E-state index >= 15 is 0 Å². The summed E-state index contributed by atoms with van der Waals surface area (Å²) in [4.78, 5) is 32.2. The fourth-order valence-corrected chi connectivity index (χ4v) is 4.00. The number of aromatic nitrogens is 1. The molecular formula is C24H24FN3O3.